The second-order valence-corrected chi connectivity index (χ2v) is 6.35. The van der Waals surface area contributed by atoms with E-state index in [0.717, 1.165) is 12.8 Å². The third kappa shape index (κ3) is 3.08. The highest BCUT2D eigenvalue weighted by atomic mass is 19.1. The number of carbonyl (C=O) groups excluding carboxylic acids is 2. The molecule has 1 saturated carbocycles. The Morgan fingerprint density at radius 1 is 1.26 bits per heavy atom. The van der Waals surface area contributed by atoms with Gasteiger partial charge in [-0.25, -0.2) is 4.39 Å². The second-order valence-electron chi connectivity index (χ2n) is 6.35. The molecule has 124 valence electrons. The third-order valence-corrected chi connectivity index (χ3v) is 4.74. The van der Waals surface area contributed by atoms with Gasteiger partial charge in [0.05, 0.1) is 5.69 Å². The third-order valence-electron chi connectivity index (χ3n) is 4.74. The number of anilines is 1. The molecule has 0 radical (unpaired) electrons. The maximum Gasteiger partial charge on any atom is 0.252 e. The summed E-state index contributed by atoms with van der Waals surface area (Å²) in [5.41, 5.74) is -1.13. The highest BCUT2D eigenvalue weighted by Gasteiger charge is 2.41. The minimum Gasteiger partial charge on any atom is -0.380 e. The minimum atomic E-state index is -1.36. The summed E-state index contributed by atoms with van der Waals surface area (Å²) in [6, 6.07) is 5.41. The van der Waals surface area contributed by atoms with E-state index in [1.807, 2.05) is 0 Å². The quantitative estimate of drug-likeness (QED) is 0.891. The molecule has 0 bridgehead atoms. The van der Waals surface area contributed by atoms with Crippen LogP contribution in [-0.2, 0) is 9.59 Å². The van der Waals surface area contributed by atoms with Gasteiger partial charge in [0, 0.05) is 6.54 Å². The molecule has 1 aromatic carbocycles. The first-order valence-electron chi connectivity index (χ1n) is 8.10. The van der Waals surface area contributed by atoms with Crippen LogP contribution in [0.5, 0.6) is 0 Å². The Morgan fingerprint density at radius 2 is 1.96 bits per heavy atom. The van der Waals surface area contributed by atoms with Crippen molar-refractivity contribution in [1.29, 1.82) is 0 Å². The molecule has 0 aromatic heterocycles. The average molecular weight is 320 g/mol. The first-order valence-corrected chi connectivity index (χ1v) is 8.10. The molecular weight excluding hydrogens is 299 g/mol. The highest BCUT2D eigenvalue weighted by Crippen LogP contribution is 2.30. The molecule has 2 N–H and O–H groups in total. The molecule has 2 fully saturated rings. The number of amides is 2. The number of aliphatic hydroxyl groups is 1. The van der Waals surface area contributed by atoms with E-state index in [-0.39, 0.29) is 11.6 Å². The Morgan fingerprint density at radius 3 is 2.65 bits per heavy atom. The maximum atomic E-state index is 13.9. The first kappa shape index (κ1) is 15.9. The molecule has 3 rings (SSSR count). The molecule has 1 atom stereocenters. The molecule has 6 heteroatoms. The van der Waals surface area contributed by atoms with E-state index in [1.165, 1.54) is 11.0 Å². The van der Waals surface area contributed by atoms with Crippen molar-refractivity contribution < 1.29 is 19.1 Å². The van der Waals surface area contributed by atoms with Crippen LogP contribution in [0.1, 0.15) is 38.5 Å². The largest absolute Gasteiger partial charge is 0.380 e. The molecule has 1 unspecified atom stereocenters. The molecule has 1 aromatic rings. The number of benzene rings is 1. The van der Waals surface area contributed by atoms with Gasteiger partial charge in [0.15, 0.2) is 0 Å². The average Bonchev–Trinajstić information content (AvgIpc) is 2.98. The zero-order chi connectivity index (χ0) is 16.4. The Hall–Kier alpha value is -1.95. The fraction of sp³-hybridized carbons (Fsp3) is 0.529. The standard InChI is InChI=1S/C17H21FN2O3/c18-12-6-1-2-8-14(12)20-11-5-7-13(15(20)21)19-16(22)17(23)9-3-4-10-17/h1-2,6,8,13,23H,3-5,7,9-11H2,(H,19,22). The molecule has 5 nitrogen and oxygen atoms in total. The monoisotopic (exact) mass is 320 g/mol. The lowest BCUT2D eigenvalue weighted by Crippen LogP contribution is -2.57. The Bertz CT molecular complexity index is 614. The van der Waals surface area contributed by atoms with E-state index in [0.29, 0.717) is 32.2 Å². The van der Waals surface area contributed by atoms with Crippen LogP contribution in [0.2, 0.25) is 0 Å². The number of rotatable bonds is 3. The van der Waals surface area contributed by atoms with Crippen LogP contribution in [0.3, 0.4) is 0 Å². The molecule has 2 amide bonds. The van der Waals surface area contributed by atoms with Crippen LogP contribution in [0, 0.1) is 5.82 Å². The number of nitrogens with one attached hydrogen (secondary N) is 1. The number of carbonyl (C=O) groups is 2. The normalized spacial score (nSPS) is 23.8. The highest BCUT2D eigenvalue weighted by molar-refractivity contribution is 6.00. The summed E-state index contributed by atoms with van der Waals surface area (Å²) in [4.78, 5) is 26.3. The van der Waals surface area contributed by atoms with Crippen molar-refractivity contribution in [3.05, 3.63) is 30.1 Å². The van der Waals surface area contributed by atoms with Gasteiger partial charge in [-0.15, -0.1) is 0 Å². The summed E-state index contributed by atoms with van der Waals surface area (Å²) in [6.07, 6.45) is 3.65. The molecule has 1 saturated heterocycles. The van der Waals surface area contributed by atoms with Crippen LogP contribution < -0.4 is 10.2 Å². The summed E-state index contributed by atoms with van der Waals surface area (Å²) in [5.74, 6) is -1.26. The Kier molecular flexibility index (Phi) is 4.35. The fourth-order valence-electron chi connectivity index (χ4n) is 3.40. The summed E-state index contributed by atoms with van der Waals surface area (Å²) in [5, 5.41) is 13.0. The van der Waals surface area contributed by atoms with Crippen molar-refractivity contribution in [2.45, 2.75) is 50.2 Å². The van der Waals surface area contributed by atoms with Gasteiger partial charge in [-0.1, -0.05) is 12.1 Å². The lowest BCUT2D eigenvalue weighted by atomic mass is 9.98. The Labute approximate surface area is 134 Å². The lowest BCUT2D eigenvalue weighted by Gasteiger charge is -2.34. The minimum absolute atomic E-state index is 0.232. The van der Waals surface area contributed by atoms with Gasteiger partial charge in [-0.05, 0) is 50.7 Å². The van der Waals surface area contributed by atoms with Crippen LogP contribution in [-0.4, -0.2) is 35.1 Å². The molecular formula is C17H21FN2O3. The number of hydrogen-bond donors (Lipinski definition) is 2. The summed E-state index contributed by atoms with van der Waals surface area (Å²) < 4.78 is 13.9. The zero-order valence-corrected chi connectivity index (χ0v) is 12.9. The van der Waals surface area contributed by atoms with Crippen LogP contribution in [0.25, 0.3) is 0 Å². The van der Waals surface area contributed by atoms with Gasteiger partial charge in [-0.2, -0.15) is 0 Å². The smallest absolute Gasteiger partial charge is 0.252 e. The summed E-state index contributed by atoms with van der Waals surface area (Å²) in [6.45, 7) is 0.427. The molecule has 1 heterocycles. The number of halogens is 1. The van der Waals surface area contributed by atoms with Crippen LogP contribution >= 0.6 is 0 Å². The van der Waals surface area contributed by atoms with Crippen molar-refractivity contribution in [3.63, 3.8) is 0 Å². The number of piperidine rings is 1. The summed E-state index contributed by atoms with van der Waals surface area (Å²) >= 11 is 0. The van der Waals surface area contributed by atoms with Crippen LogP contribution in [0.4, 0.5) is 10.1 Å². The van der Waals surface area contributed by atoms with E-state index in [1.54, 1.807) is 18.2 Å². The lowest BCUT2D eigenvalue weighted by molar-refractivity contribution is -0.142. The van der Waals surface area contributed by atoms with Crippen LogP contribution in [0.15, 0.2) is 24.3 Å². The predicted octanol–water partition coefficient (Wildman–Crippen LogP) is 1.74. The number of hydrogen-bond acceptors (Lipinski definition) is 3. The fourth-order valence-corrected chi connectivity index (χ4v) is 3.40. The van der Waals surface area contributed by atoms with Gasteiger partial charge in [0.2, 0.25) is 5.91 Å². The van der Waals surface area contributed by atoms with Gasteiger partial charge in [0.1, 0.15) is 17.5 Å². The van der Waals surface area contributed by atoms with Gasteiger partial charge in [0.25, 0.3) is 5.91 Å². The predicted molar refractivity (Wildman–Crippen MR) is 83.3 cm³/mol. The number of para-hydroxylation sites is 1. The van der Waals surface area contributed by atoms with Gasteiger partial charge < -0.3 is 15.3 Å². The zero-order valence-electron chi connectivity index (χ0n) is 12.9. The van der Waals surface area contributed by atoms with Crippen molar-refractivity contribution in [3.8, 4) is 0 Å². The molecule has 0 spiro atoms. The SMILES string of the molecule is O=C1C(NC(=O)C2(O)CCCC2)CCCN1c1ccccc1F. The van der Waals surface area contributed by atoms with Gasteiger partial charge in [-0.3, -0.25) is 9.59 Å². The van der Waals surface area contributed by atoms with Crippen molar-refractivity contribution in [2.75, 3.05) is 11.4 Å². The van der Waals surface area contributed by atoms with E-state index in [9.17, 15) is 19.1 Å². The molecule has 2 aliphatic rings. The van der Waals surface area contributed by atoms with E-state index in [4.69, 9.17) is 0 Å². The van der Waals surface area contributed by atoms with E-state index >= 15 is 0 Å². The second kappa shape index (κ2) is 6.28. The number of nitrogens with zero attached hydrogens (tertiary/aromatic N) is 1. The van der Waals surface area contributed by atoms with E-state index < -0.39 is 23.4 Å². The van der Waals surface area contributed by atoms with E-state index in [2.05, 4.69) is 5.32 Å². The Balaban J connectivity index is 1.73. The van der Waals surface area contributed by atoms with Gasteiger partial charge >= 0.3 is 0 Å². The molecule has 1 aliphatic heterocycles. The van der Waals surface area contributed by atoms with Crippen molar-refractivity contribution in [2.24, 2.45) is 0 Å². The van der Waals surface area contributed by atoms with Crippen molar-refractivity contribution >= 4 is 17.5 Å². The van der Waals surface area contributed by atoms with Crippen molar-refractivity contribution in [1.82, 2.24) is 5.32 Å². The maximum absolute atomic E-state index is 13.9. The first-order chi connectivity index (χ1) is 11.0. The molecule has 1 aliphatic carbocycles. The summed E-state index contributed by atoms with van der Waals surface area (Å²) in [7, 11) is 0. The molecule has 23 heavy (non-hydrogen) atoms. The topological polar surface area (TPSA) is 69.6 Å².